The van der Waals surface area contributed by atoms with Crippen LogP contribution in [0.2, 0.25) is 0 Å². The molecule has 0 radical (unpaired) electrons. The summed E-state index contributed by atoms with van der Waals surface area (Å²) in [6.07, 6.45) is 0.764. The fraction of sp³-hybridized carbons (Fsp3) is 0.294. The molecule has 2 aromatic rings. The van der Waals surface area contributed by atoms with Gasteiger partial charge in [0.25, 0.3) is 0 Å². The maximum absolute atomic E-state index is 13.8. The van der Waals surface area contributed by atoms with E-state index in [1.54, 1.807) is 18.2 Å². The maximum atomic E-state index is 13.8. The highest BCUT2D eigenvalue weighted by Crippen LogP contribution is 2.24. The third-order valence-electron chi connectivity index (χ3n) is 3.49. The van der Waals surface area contributed by atoms with E-state index in [1.165, 1.54) is 18.2 Å². The molecule has 2 rings (SSSR count). The molecule has 0 aliphatic rings. The zero-order chi connectivity index (χ0) is 14.5. The summed E-state index contributed by atoms with van der Waals surface area (Å²) in [5.41, 5.74) is 1.51. The topological polar surface area (TPSA) is 12.0 Å². The second-order valence-electron chi connectivity index (χ2n) is 4.93. The monoisotopic (exact) mass is 275 g/mol. The number of benzene rings is 2. The summed E-state index contributed by atoms with van der Waals surface area (Å²) in [6, 6.07) is 13.1. The Kier molecular flexibility index (Phi) is 4.85. The summed E-state index contributed by atoms with van der Waals surface area (Å²) in [7, 11) is 0. The third kappa shape index (κ3) is 3.42. The highest BCUT2D eigenvalue weighted by atomic mass is 19.1. The van der Waals surface area contributed by atoms with Crippen LogP contribution in [-0.2, 0) is 0 Å². The standard InChI is InChI=1S/C17H19F2N/c1-3-17(15-9-4-5-10-16(15)19)20-12(2)13-7-6-8-14(18)11-13/h4-12,17,20H,3H2,1-2H3/t12-,17?/m0/s1. The molecule has 1 unspecified atom stereocenters. The number of hydrogen-bond acceptors (Lipinski definition) is 1. The third-order valence-corrected chi connectivity index (χ3v) is 3.49. The van der Waals surface area contributed by atoms with Gasteiger partial charge in [-0.15, -0.1) is 0 Å². The lowest BCUT2D eigenvalue weighted by Crippen LogP contribution is -2.25. The number of halogens is 2. The van der Waals surface area contributed by atoms with Crippen LogP contribution in [0.15, 0.2) is 48.5 Å². The minimum atomic E-state index is -0.255. The molecule has 0 saturated heterocycles. The largest absolute Gasteiger partial charge is 0.303 e. The Bertz CT molecular complexity index is 568. The molecule has 1 nitrogen and oxygen atoms in total. The van der Waals surface area contributed by atoms with Crippen molar-refractivity contribution in [3.63, 3.8) is 0 Å². The molecule has 0 aliphatic carbocycles. The van der Waals surface area contributed by atoms with Crippen LogP contribution < -0.4 is 5.32 Å². The van der Waals surface area contributed by atoms with Gasteiger partial charge in [-0.25, -0.2) is 8.78 Å². The summed E-state index contributed by atoms with van der Waals surface area (Å²) >= 11 is 0. The first-order chi connectivity index (χ1) is 9.61. The van der Waals surface area contributed by atoms with E-state index in [4.69, 9.17) is 0 Å². The average molecular weight is 275 g/mol. The zero-order valence-corrected chi connectivity index (χ0v) is 11.7. The fourth-order valence-corrected chi connectivity index (χ4v) is 2.36. The van der Waals surface area contributed by atoms with Gasteiger partial charge in [0.05, 0.1) is 0 Å². The van der Waals surface area contributed by atoms with E-state index in [-0.39, 0.29) is 23.7 Å². The molecule has 2 atom stereocenters. The molecule has 0 amide bonds. The van der Waals surface area contributed by atoms with Crippen LogP contribution in [0.4, 0.5) is 8.78 Å². The molecule has 0 aromatic heterocycles. The van der Waals surface area contributed by atoms with Gasteiger partial charge in [0.2, 0.25) is 0 Å². The van der Waals surface area contributed by atoms with E-state index < -0.39 is 0 Å². The van der Waals surface area contributed by atoms with E-state index in [9.17, 15) is 8.78 Å². The normalized spacial score (nSPS) is 14.0. The fourth-order valence-electron chi connectivity index (χ4n) is 2.36. The summed E-state index contributed by atoms with van der Waals surface area (Å²) in [6.45, 7) is 3.96. The van der Waals surface area contributed by atoms with Gasteiger partial charge in [0, 0.05) is 17.6 Å². The molecule has 0 fully saturated rings. The zero-order valence-electron chi connectivity index (χ0n) is 11.7. The highest BCUT2D eigenvalue weighted by molar-refractivity contribution is 5.23. The Morgan fingerprint density at radius 1 is 1.05 bits per heavy atom. The van der Waals surface area contributed by atoms with E-state index in [1.807, 2.05) is 26.0 Å². The second-order valence-corrected chi connectivity index (χ2v) is 4.93. The number of hydrogen-bond donors (Lipinski definition) is 1. The smallest absolute Gasteiger partial charge is 0.127 e. The van der Waals surface area contributed by atoms with E-state index in [2.05, 4.69) is 5.32 Å². The number of rotatable bonds is 5. The predicted octanol–water partition coefficient (Wildman–Crippen LogP) is 4.77. The van der Waals surface area contributed by atoms with Gasteiger partial charge in [-0.2, -0.15) is 0 Å². The lowest BCUT2D eigenvalue weighted by molar-refractivity contribution is 0.438. The summed E-state index contributed by atoms with van der Waals surface area (Å²) < 4.78 is 27.1. The van der Waals surface area contributed by atoms with Crippen LogP contribution in [-0.4, -0.2) is 0 Å². The van der Waals surface area contributed by atoms with Crippen LogP contribution in [0.3, 0.4) is 0 Å². The minimum Gasteiger partial charge on any atom is -0.303 e. The van der Waals surface area contributed by atoms with Gasteiger partial charge >= 0.3 is 0 Å². The van der Waals surface area contributed by atoms with Crippen LogP contribution >= 0.6 is 0 Å². The molecule has 0 aliphatic heterocycles. The highest BCUT2D eigenvalue weighted by Gasteiger charge is 2.16. The quantitative estimate of drug-likeness (QED) is 0.829. The van der Waals surface area contributed by atoms with Crippen molar-refractivity contribution in [2.45, 2.75) is 32.4 Å². The molecular weight excluding hydrogens is 256 g/mol. The first-order valence-electron chi connectivity index (χ1n) is 6.87. The van der Waals surface area contributed by atoms with E-state index in [0.717, 1.165) is 12.0 Å². The Hall–Kier alpha value is -1.74. The van der Waals surface area contributed by atoms with Crippen LogP contribution in [0, 0.1) is 11.6 Å². The lowest BCUT2D eigenvalue weighted by Gasteiger charge is -2.23. The molecule has 3 heteroatoms. The molecule has 20 heavy (non-hydrogen) atoms. The van der Waals surface area contributed by atoms with Gasteiger partial charge in [-0.3, -0.25) is 0 Å². The van der Waals surface area contributed by atoms with Crippen LogP contribution in [0.5, 0.6) is 0 Å². The van der Waals surface area contributed by atoms with Crippen molar-refractivity contribution in [3.8, 4) is 0 Å². The second kappa shape index (κ2) is 6.62. The van der Waals surface area contributed by atoms with Crippen molar-refractivity contribution >= 4 is 0 Å². The van der Waals surface area contributed by atoms with Crippen molar-refractivity contribution in [3.05, 3.63) is 71.3 Å². The first-order valence-corrected chi connectivity index (χ1v) is 6.87. The van der Waals surface area contributed by atoms with E-state index >= 15 is 0 Å². The molecule has 106 valence electrons. The average Bonchev–Trinajstić information content (AvgIpc) is 2.45. The van der Waals surface area contributed by atoms with Gasteiger partial charge in [0.1, 0.15) is 11.6 Å². The summed E-state index contributed by atoms with van der Waals surface area (Å²) in [5.74, 6) is -0.464. The van der Waals surface area contributed by atoms with Crippen molar-refractivity contribution in [2.24, 2.45) is 0 Å². The first kappa shape index (κ1) is 14.7. The minimum absolute atomic E-state index is 0.0461. The predicted molar refractivity (Wildman–Crippen MR) is 77.4 cm³/mol. The molecule has 2 aromatic carbocycles. The Balaban J connectivity index is 2.16. The molecule has 0 heterocycles. The molecule has 0 bridgehead atoms. The molecular formula is C17H19F2N. The van der Waals surface area contributed by atoms with Gasteiger partial charge < -0.3 is 5.32 Å². The summed E-state index contributed by atoms with van der Waals surface area (Å²) in [4.78, 5) is 0. The molecule has 0 spiro atoms. The van der Waals surface area contributed by atoms with Crippen molar-refractivity contribution < 1.29 is 8.78 Å². The Morgan fingerprint density at radius 2 is 1.80 bits per heavy atom. The number of nitrogens with one attached hydrogen (secondary N) is 1. The van der Waals surface area contributed by atoms with Crippen molar-refractivity contribution in [2.75, 3.05) is 0 Å². The Morgan fingerprint density at radius 3 is 2.45 bits per heavy atom. The van der Waals surface area contributed by atoms with Gasteiger partial charge in [-0.05, 0) is 37.1 Å². The lowest BCUT2D eigenvalue weighted by atomic mass is 10.0. The molecule has 0 saturated carbocycles. The van der Waals surface area contributed by atoms with Gasteiger partial charge in [0.15, 0.2) is 0 Å². The van der Waals surface area contributed by atoms with Crippen molar-refractivity contribution in [1.29, 1.82) is 0 Å². The molecule has 1 N–H and O–H groups in total. The Labute approximate surface area is 118 Å². The summed E-state index contributed by atoms with van der Waals surface area (Å²) in [5, 5.41) is 3.36. The SMILES string of the molecule is CCC(N[C@@H](C)c1cccc(F)c1)c1ccccc1F. The maximum Gasteiger partial charge on any atom is 0.127 e. The van der Waals surface area contributed by atoms with Crippen molar-refractivity contribution in [1.82, 2.24) is 5.32 Å². The van der Waals surface area contributed by atoms with Crippen LogP contribution in [0.1, 0.15) is 43.5 Å². The van der Waals surface area contributed by atoms with E-state index in [0.29, 0.717) is 5.56 Å². The van der Waals surface area contributed by atoms with Crippen LogP contribution in [0.25, 0.3) is 0 Å². The van der Waals surface area contributed by atoms with Gasteiger partial charge in [-0.1, -0.05) is 37.3 Å².